The van der Waals surface area contributed by atoms with E-state index in [-0.39, 0.29) is 25.6 Å². The SMILES string of the molecule is CO[C@H]1O[C@@H](n2cnc3c(N)ncnc32)[C@@H](F)[C@H]1[Se]c1ccccc1. The van der Waals surface area contributed by atoms with Gasteiger partial charge >= 0.3 is 149 Å². The van der Waals surface area contributed by atoms with Crippen LogP contribution in [0, 0.1) is 0 Å². The molecule has 0 aliphatic carbocycles. The third-order valence-corrected chi connectivity index (χ3v) is 6.76. The third kappa shape index (κ3) is 2.89. The van der Waals surface area contributed by atoms with Crippen LogP contribution in [-0.2, 0) is 9.47 Å². The Balaban J connectivity index is 1.66. The van der Waals surface area contributed by atoms with Gasteiger partial charge in [-0.1, -0.05) is 0 Å². The number of anilines is 1. The molecular formula is C16H16FN5O2Se. The van der Waals surface area contributed by atoms with Crippen molar-refractivity contribution >= 4 is 36.4 Å². The molecule has 4 atom stereocenters. The first-order chi connectivity index (χ1) is 12.2. The number of ether oxygens (including phenoxy) is 2. The zero-order chi connectivity index (χ0) is 17.4. The fraction of sp³-hybridized carbons (Fsp3) is 0.312. The molecule has 4 rings (SSSR count). The van der Waals surface area contributed by atoms with E-state index in [1.807, 2.05) is 30.3 Å². The van der Waals surface area contributed by atoms with Crippen LogP contribution in [0.1, 0.15) is 6.23 Å². The van der Waals surface area contributed by atoms with Gasteiger partial charge in [-0.05, 0) is 0 Å². The summed E-state index contributed by atoms with van der Waals surface area (Å²) in [7, 11) is 1.53. The first-order valence-corrected chi connectivity index (χ1v) is 9.50. The zero-order valence-electron chi connectivity index (χ0n) is 13.3. The summed E-state index contributed by atoms with van der Waals surface area (Å²) < 4.78 is 29.1. The number of rotatable bonds is 4. The topological polar surface area (TPSA) is 88.1 Å². The number of imidazole rings is 1. The number of nitrogen functional groups attached to an aromatic ring is 1. The number of hydrogen-bond acceptors (Lipinski definition) is 6. The van der Waals surface area contributed by atoms with Crippen LogP contribution in [0.25, 0.3) is 11.2 Å². The number of aromatic nitrogens is 4. The zero-order valence-corrected chi connectivity index (χ0v) is 15.0. The van der Waals surface area contributed by atoms with Gasteiger partial charge in [0.05, 0.1) is 0 Å². The molecule has 0 amide bonds. The van der Waals surface area contributed by atoms with E-state index in [0.717, 1.165) is 4.46 Å². The third-order valence-electron chi connectivity index (χ3n) is 4.04. The van der Waals surface area contributed by atoms with Crippen molar-refractivity contribution in [1.82, 2.24) is 19.5 Å². The Morgan fingerprint density at radius 3 is 2.80 bits per heavy atom. The Bertz CT molecular complexity index is 877. The second-order valence-electron chi connectivity index (χ2n) is 5.55. The van der Waals surface area contributed by atoms with Gasteiger partial charge in [0.25, 0.3) is 0 Å². The summed E-state index contributed by atoms with van der Waals surface area (Å²) in [5.74, 6) is 0.255. The second-order valence-corrected chi connectivity index (χ2v) is 8.18. The van der Waals surface area contributed by atoms with Crippen molar-refractivity contribution in [3.05, 3.63) is 43.0 Å². The molecule has 25 heavy (non-hydrogen) atoms. The van der Waals surface area contributed by atoms with Crippen LogP contribution in [-0.4, -0.2) is 54.0 Å². The van der Waals surface area contributed by atoms with Crippen LogP contribution in [0.15, 0.2) is 43.0 Å². The van der Waals surface area contributed by atoms with Crippen molar-refractivity contribution < 1.29 is 13.9 Å². The van der Waals surface area contributed by atoms with Crippen molar-refractivity contribution in [1.29, 1.82) is 0 Å². The van der Waals surface area contributed by atoms with Gasteiger partial charge < -0.3 is 0 Å². The molecule has 3 heterocycles. The molecule has 130 valence electrons. The molecule has 0 radical (unpaired) electrons. The van der Waals surface area contributed by atoms with Gasteiger partial charge in [-0.15, -0.1) is 0 Å². The van der Waals surface area contributed by atoms with E-state index in [1.165, 1.54) is 19.8 Å². The van der Waals surface area contributed by atoms with E-state index in [1.54, 1.807) is 4.57 Å². The van der Waals surface area contributed by atoms with Crippen molar-refractivity contribution in [3.8, 4) is 0 Å². The predicted molar refractivity (Wildman–Crippen MR) is 91.1 cm³/mol. The molecule has 3 aromatic rings. The number of methoxy groups -OCH3 is 1. The fourth-order valence-electron chi connectivity index (χ4n) is 2.84. The summed E-state index contributed by atoms with van der Waals surface area (Å²) in [6.07, 6.45) is 0.0739. The molecule has 0 unspecified atom stereocenters. The molecule has 7 nitrogen and oxygen atoms in total. The molecule has 9 heteroatoms. The van der Waals surface area contributed by atoms with E-state index >= 15 is 4.39 Å². The Kier molecular flexibility index (Phi) is 4.39. The first-order valence-electron chi connectivity index (χ1n) is 7.66. The van der Waals surface area contributed by atoms with Gasteiger partial charge in [-0.2, -0.15) is 0 Å². The number of nitrogens with zero attached hydrogens (tertiary/aromatic N) is 4. The first kappa shape index (κ1) is 16.4. The molecule has 1 fully saturated rings. The molecule has 0 saturated carbocycles. The fourth-order valence-corrected chi connectivity index (χ4v) is 5.32. The van der Waals surface area contributed by atoms with Gasteiger partial charge in [-0.25, -0.2) is 0 Å². The van der Waals surface area contributed by atoms with E-state index < -0.39 is 18.7 Å². The van der Waals surface area contributed by atoms with Gasteiger partial charge in [0.15, 0.2) is 0 Å². The van der Waals surface area contributed by atoms with Crippen LogP contribution in [0.4, 0.5) is 10.2 Å². The predicted octanol–water partition coefficient (Wildman–Crippen LogP) is 1.07. The van der Waals surface area contributed by atoms with Gasteiger partial charge in [0, 0.05) is 0 Å². The van der Waals surface area contributed by atoms with Crippen LogP contribution >= 0.6 is 0 Å². The van der Waals surface area contributed by atoms with Gasteiger partial charge in [-0.3, -0.25) is 0 Å². The van der Waals surface area contributed by atoms with Crippen molar-refractivity contribution in [2.75, 3.05) is 12.8 Å². The number of nitrogens with two attached hydrogens (primary N) is 1. The number of hydrogen-bond donors (Lipinski definition) is 1. The van der Waals surface area contributed by atoms with E-state index in [4.69, 9.17) is 15.2 Å². The molecule has 1 saturated heterocycles. The van der Waals surface area contributed by atoms with Crippen molar-refractivity contribution in [2.45, 2.75) is 23.5 Å². The summed E-state index contributed by atoms with van der Waals surface area (Å²) in [4.78, 5) is 11.9. The summed E-state index contributed by atoms with van der Waals surface area (Å²) >= 11 is -0.138. The average Bonchev–Trinajstić information content (AvgIpc) is 3.19. The Hall–Kier alpha value is -2.06. The molecule has 1 aliphatic heterocycles. The number of alkyl halides is 1. The van der Waals surface area contributed by atoms with Gasteiger partial charge in [0.1, 0.15) is 0 Å². The summed E-state index contributed by atoms with van der Waals surface area (Å²) in [5.41, 5.74) is 6.68. The minimum atomic E-state index is -1.25. The van der Waals surface area contributed by atoms with Gasteiger partial charge in [0.2, 0.25) is 0 Å². The van der Waals surface area contributed by atoms with E-state index in [9.17, 15) is 0 Å². The molecule has 1 aliphatic rings. The Morgan fingerprint density at radius 1 is 1.24 bits per heavy atom. The molecule has 1 aromatic carbocycles. The molecular weight excluding hydrogens is 392 g/mol. The molecule has 2 N–H and O–H groups in total. The van der Waals surface area contributed by atoms with Crippen molar-refractivity contribution in [3.63, 3.8) is 0 Å². The average molecular weight is 408 g/mol. The maximum absolute atomic E-state index is 15.3. The normalized spacial score (nSPS) is 26.3. The standard InChI is InChI=1S/C16H16FN5O2Se/c1-23-16-12(25-9-5-3-2-4-6-9)10(17)15(24-16)22-8-21-11-13(18)19-7-20-14(11)22/h2-8,10,12,15-16H,1H3,(H2,18,19,20)/t10-,12+,15+,16-/m0/s1. The van der Waals surface area contributed by atoms with Crippen LogP contribution in [0.3, 0.4) is 0 Å². The Morgan fingerprint density at radius 2 is 2.04 bits per heavy atom. The quantitative estimate of drug-likeness (QED) is 0.650. The number of benzene rings is 1. The van der Waals surface area contributed by atoms with Crippen LogP contribution < -0.4 is 10.2 Å². The number of halogens is 1. The molecule has 0 bridgehead atoms. The van der Waals surface area contributed by atoms with Crippen molar-refractivity contribution in [2.24, 2.45) is 0 Å². The number of fused-ring (bicyclic) bond motifs is 1. The monoisotopic (exact) mass is 409 g/mol. The summed E-state index contributed by atoms with van der Waals surface area (Å²) in [5, 5.41) is 0. The second kappa shape index (κ2) is 6.68. The molecule has 2 aromatic heterocycles. The van der Waals surface area contributed by atoms with E-state index in [0.29, 0.717) is 11.2 Å². The van der Waals surface area contributed by atoms with E-state index in [2.05, 4.69) is 15.0 Å². The summed E-state index contributed by atoms with van der Waals surface area (Å²) in [6, 6.07) is 9.82. The van der Waals surface area contributed by atoms with Crippen LogP contribution in [0.2, 0.25) is 4.82 Å². The minimum absolute atomic E-state index is 0.138. The molecule has 0 spiro atoms. The Labute approximate surface area is 149 Å². The summed E-state index contributed by atoms with van der Waals surface area (Å²) in [6.45, 7) is 0. The van der Waals surface area contributed by atoms with Crippen LogP contribution in [0.5, 0.6) is 0 Å². The maximum atomic E-state index is 15.3.